The van der Waals surface area contributed by atoms with E-state index in [1.165, 1.54) is 12.1 Å². The highest BCUT2D eigenvalue weighted by molar-refractivity contribution is 6.30. The number of halogens is 2. The molecule has 2 aromatic carbocycles. The van der Waals surface area contributed by atoms with Crippen LogP contribution in [0.2, 0.25) is 5.02 Å². The molecule has 2 rings (SSSR count). The van der Waals surface area contributed by atoms with Crippen molar-refractivity contribution < 1.29 is 18.7 Å². The van der Waals surface area contributed by atoms with Gasteiger partial charge in [0.05, 0.1) is 6.54 Å². The third kappa shape index (κ3) is 5.45. The Morgan fingerprint density at radius 1 is 1.22 bits per heavy atom. The lowest BCUT2D eigenvalue weighted by Crippen LogP contribution is -2.38. The molecular weight excluding hydrogens is 321 g/mol. The van der Waals surface area contributed by atoms with E-state index in [4.69, 9.17) is 21.1 Å². The highest BCUT2D eigenvalue weighted by Crippen LogP contribution is 2.17. The lowest BCUT2D eigenvalue weighted by Gasteiger charge is -2.15. The molecule has 1 atom stereocenters. The number of benzene rings is 2. The summed E-state index contributed by atoms with van der Waals surface area (Å²) in [5.41, 5.74) is 0. The summed E-state index contributed by atoms with van der Waals surface area (Å²) < 4.78 is 24.1. The van der Waals surface area contributed by atoms with E-state index in [0.29, 0.717) is 10.8 Å². The minimum atomic E-state index is -0.662. The van der Waals surface area contributed by atoms with Crippen LogP contribution in [0, 0.1) is 5.82 Å². The van der Waals surface area contributed by atoms with E-state index in [9.17, 15) is 9.18 Å². The predicted octanol–water partition coefficient (Wildman–Crippen LogP) is 3.44. The van der Waals surface area contributed by atoms with Crippen LogP contribution in [-0.4, -0.2) is 25.2 Å². The average Bonchev–Trinajstić information content (AvgIpc) is 2.55. The first-order chi connectivity index (χ1) is 11.1. The van der Waals surface area contributed by atoms with Crippen molar-refractivity contribution in [2.45, 2.75) is 13.0 Å². The van der Waals surface area contributed by atoms with Gasteiger partial charge in [0.1, 0.15) is 12.4 Å². The van der Waals surface area contributed by atoms with Crippen molar-refractivity contribution in [1.29, 1.82) is 0 Å². The van der Waals surface area contributed by atoms with Gasteiger partial charge < -0.3 is 14.8 Å². The Bertz CT molecular complexity index is 649. The Morgan fingerprint density at radius 3 is 2.61 bits per heavy atom. The first kappa shape index (κ1) is 17.1. The van der Waals surface area contributed by atoms with Gasteiger partial charge in [-0.1, -0.05) is 23.7 Å². The summed E-state index contributed by atoms with van der Waals surface area (Å²) in [5.74, 6) is 0.00205. The number of hydrogen-bond acceptors (Lipinski definition) is 3. The van der Waals surface area contributed by atoms with Gasteiger partial charge in [0.2, 0.25) is 0 Å². The van der Waals surface area contributed by atoms with Crippen molar-refractivity contribution >= 4 is 17.5 Å². The minimum absolute atomic E-state index is 0.159. The highest BCUT2D eigenvalue weighted by Gasteiger charge is 2.14. The molecule has 0 aliphatic carbocycles. The van der Waals surface area contributed by atoms with E-state index in [0.717, 1.165) is 0 Å². The summed E-state index contributed by atoms with van der Waals surface area (Å²) >= 11 is 5.78. The Morgan fingerprint density at radius 2 is 1.91 bits per heavy atom. The van der Waals surface area contributed by atoms with Gasteiger partial charge in [0.25, 0.3) is 5.91 Å². The molecule has 0 radical (unpaired) electrons. The second kappa shape index (κ2) is 8.39. The number of ether oxygens (including phenoxy) is 2. The number of hydrogen-bond donors (Lipinski definition) is 1. The third-order valence-corrected chi connectivity index (χ3v) is 3.24. The first-order valence-electron chi connectivity index (χ1n) is 7.13. The van der Waals surface area contributed by atoms with Crippen LogP contribution in [0.15, 0.2) is 48.5 Å². The lowest BCUT2D eigenvalue weighted by atomic mass is 10.3. The molecule has 2 aromatic rings. The van der Waals surface area contributed by atoms with Gasteiger partial charge in [-0.3, -0.25) is 4.79 Å². The van der Waals surface area contributed by atoms with E-state index in [-0.39, 0.29) is 24.8 Å². The molecular formula is C17H17ClFNO3. The summed E-state index contributed by atoms with van der Waals surface area (Å²) in [5, 5.41) is 3.26. The topological polar surface area (TPSA) is 47.6 Å². The molecule has 0 saturated heterocycles. The molecule has 4 nitrogen and oxygen atoms in total. The molecule has 1 amide bonds. The van der Waals surface area contributed by atoms with Crippen LogP contribution in [0.5, 0.6) is 11.5 Å². The van der Waals surface area contributed by atoms with Crippen LogP contribution >= 0.6 is 11.6 Å². The fourth-order valence-corrected chi connectivity index (χ4v) is 1.94. The van der Waals surface area contributed by atoms with Crippen LogP contribution in [-0.2, 0) is 4.79 Å². The Kier molecular flexibility index (Phi) is 6.23. The van der Waals surface area contributed by atoms with E-state index in [1.54, 1.807) is 43.3 Å². The number of para-hydroxylation sites is 1. The molecule has 0 bridgehead atoms. The second-order valence-electron chi connectivity index (χ2n) is 4.78. The van der Waals surface area contributed by atoms with E-state index in [2.05, 4.69) is 5.32 Å². The smallest absolute Gasteiger partial charge is 0.260 e. The Labute approximate surface area is 139 Å². The molecule has 122 valence electrons. The number of carbonyl (C=O) groups is 1. The zero-order valence-electron chi connectivity index (χ0n) is 12.6. The molecule has 6 heteroatoms. The van der Waals surface area contributed by atoms with Crippen molar-refractivity contribution in [2.24, 2.45) is 0 Å². The molecule has 0 heterocycles. The largest absolute Gasteiger partial charge is 0.489 e. The van der Waals surface area contributed by atoms with Crippen LogP contribution < -0.4 is 14.8 Å². The zero-order valence-corrected chi connectivity index (χ0v) is 13.3. The van der Waals surface area contributed by atoms with Gasteiger partial charge in [-0.25, -0.2) is 4.39 Å². The summed E-state index contributed by atoms with van der Waals surface area (Å²) in [6.07, 6.45) is -0.662. The Balaban J connectivity index is 1.72. The second-order valence-corrected chi connectivity index (χ2v) is 5.22. The molecule has 0 spiro atoms. The van der Waals surface area contributed by atoms with E-state index in [1.807, 2.05) is 0 Å². The lowest BCUT2D eigenvalue weighted by molar-refractivity contribution is -0.127. The van der Waals surface area contributed by atoms with E-state index < -0.39 is 11.9 Å². The number of carbonyl (C=O) groups excluding carboxylic acids is 1. The van der Waals surface area contributed by atoms with Crippen LogP contribution in [0.4, 0.5) is 4.39 Å². The summed E-state index contributed by atoms with van der Waals surface area (Å²) in [6.45, 7) is 2.06. The van der Waals surface area contributed by atoms with Crippen molar-refractivity contribution in [1.82, 2.24) is 5.32 Å². The van der Waals surface area contributed by atoms with Gasteiger partial charge in [0.15, 0.2) is 17.7 Å². The monoisotopic (exact) mass is 337 g/mol. The minimum Gasteiger partial charge on any atom is -0.489 e. The predicted molar refractivity (Wildman–Crippen MR) is 86.4 cm³/mol. The average molecular weight is 338 g/mol. The van der Waals surface area contributed by atoms with Gasteiger partial charge in [-0.15, -0.1) is 0 Å². The molecule has 0 saturated carbocycles. The summed E-state index contributed by atoms with van der Waals surface area (Å²) in [7, 11) is 0. The maximum atomic E-state index is 13.3. The SMILES string of the molecule is CC(Oc1ccc(Cl)cc1)C(=O)NCCOc1ccccc1F. The highest BCUT2D eigenvalue weighted by atomic mass is 35.5. The third-order valence-electron chi connectivity index (χ3n) is 2.99. The maximum absolute atomic E-state index is 13.3. The van der Waals surface area contributed by atoms with Gasteiger partial charge in [0, 0.05) is 5.02 Å². The van der Waals surface area contributed by atoms with Crippen molar-refractivity contribution in [3.63, 3.8) is 0 Å². The van der Waals surface area contributed by atoms with Gasteiger partial charge >= 0.3 is 0 Å². The van der Waals surface area contributed by atoms with Crippen molar-refractivity contribution in [2.75, 3.05) is 13.2 Å². The molecule has 23 heavy (non-hydrogen) atoms. The van der Waals surface area contributed by atoms with Crippen molar-refractivity contribution in [3.05, 3.63) is 59.4 Å². The standard InChI is InChI=1S/C17H17ClFNO3/c1-12(23-14-8-6-13(18)7-9-14)17(21)20-10-11-22-16-5-3-2-4-15(16)19/h2-9,12H,10-11H2,1H3,(H,20,21). The number of rotatable bonds is 7. The zero-order chi connectivity index (χ0) is 16.7. The molecule has 0 aromatic heterocycles. The number of nitrogens with one attached hydrogen (secondary N) is 1. The van der Waals surface area contributed by atoms with Crippen molar-refractivity contribution in [3.8, 4) is 11.5 Å². The van der Waals surface area contributed by atoms with Gasteiger partial charge in [-0.2, -0.15) is 0 Å². The van der Waals surface area contributed by atoms with E-state index >= 15 is 0 Å². The van der Waals surface area contributed by atoms with Crippen LogP contribution in [0.3, 0.4) is 0 Å². The number of amides is 1. The fourth-order valence-electron chi connectivity index (χ4n) is 1.81. The fraction of sp³-hybridized carbons (Fsp3) is 0.235. The summed E-state index contributed by atoms with van der Waals surface area (Å²) in [6, 6.07) is 12.9. The molecule has 1 unspecified atom stereocenters. The van der Waals surface area contributed by atoms with Gasteiger partial charge in [-0.05, 0) is 43.3 Å². The normalized spacial score (nSPS) is 11.6. The summed E-state index contributed by atoms with van der Waals surface area (Å²) in [4.78, 5) is 11.9. The quantitative estimate of drug-likeness (QED) is 0.787. The van der Waals surface area contributed by atoms with Crippen LogP contribution in [0.1, 0.15) is 6.92 Å². The first-order valence-corrected chi connectivity index (χ1v) is 7.51. The van der Waals surface area contributed by atoms with Crippen LogP contribution in [0.25, 0.3) is 0 Å². The molecule has 0 aliphatic rings. The maximum Gasteiger partial charge on any atom is 0.260 e. The molecule has 1 N–H and O–H groups in total. The Hall–Kier alpha value is -2.27. The molecule has 0 fully saturated rings. The molecule has 0 aliphatic heterocycles.